The van der Waals surface area contributed by atoms with Gasteiger partial charge in [0.15, 0.2) is 0 Å². The van der Waals surface area contributed by atoms with E-state index in [0.29, 0.717) is 48.7 Å². The minimum absolute atomic E-state index is 0.135. The molecule has 226 valence electrons. The van der Waals surface area contributed by atoms with Gasteiger partial charge >= 0.3 is 0 Å². The zero-order chi connectivity index (χ0) is 31.4. The Morgan fingerprint density at radius 1 is 0.364 bits per heavy atom. The molecule has 0 saturated heterocycles. The molecule has 0 amide bonds. The van der Waals surface area contributed by atoms with Crippen molar-refractivity contribution in [2.24, 2.45) is 0 Å². The molecule has 0 atom stereocenters. The van der Waals surface area contributed by atoms with Gasteiger partial charge in [-0.2, -0.15) is 0 Å². The van der Waals surface area contributed by atoms with E-state index in [0.717, 1.165) is 55.6 Å². The summed E-state index contributed by atoms with van der Waals surface area (Å²) in [6.07, 6.45) is 2.86. The van der Waals surface area contributed by atoms with Gasteiger partial charge < -0.3 is 20.4 Å². The van der Waals surface area contributed by atoms with Gasteiger partial charge in [-0.1, -0.05) is 100 Å². The molecule has 5 aromatic rings. The van der Waals surface area contributed by atoms with Crippen LogP contribution in [0.4, 0.5) is 0 Å². The summed E-state index contributed by atoms with van der Waals surface area (Å²) >= 11 is 0. The predicted octanol–water partition coefficient (Wildman–Crippen LogP) is 9.12. The Bertz CT molecular complexity index is 1540. The van der Waals surface area contributed by atoms with E-state index >= 15 is 0 Å². The second kappa shape index (κ2) is 13.3. The minimum Gasteiger partial charge on any atom is -0.508 e. The van der Waals surface area contributed by atoms with E-state index in [4.69, 9.17) is 0 Å². The molecule has 0 bridgehead atoms. The molecule has 5 aromatic carbocycles. The fourth-order valence-electron chi connectivity index (χ4n) is 6.35. The number of phenolic OH excluding ortho intramolecular Hbond substituents is 4. The van der Waals surface area contributed by atoms with Gasteiger partial charge in [-0.15, -0.1) is 0 Å². The normalized spacial score (nSPS) is 11.4. The van der Waals surface area contributed by atoms with Crippen molar-refractivity contribution >= 4 is 0 Å². The first-order chi connectivity index (χ1) is 21.3. The Morgan fingerprint density at radius 3 is 0.864 bits per heavy atom. The third kappa shape index (κ3) is 6.16. The molecule has 0 spiro atoms. The van der Waals surface area contributed by atoms with Crippen molar-refractivity contribution in [3.8, 4) is 23.0 Å². The van der Waals surface area contributed by atoms with Gasteiger partial charge in [0.25, 0.3) is 0 Å². The number of aromatic hydroxyl groups is 4. The summed E-state index contributed by atoms with van der Waals surface area (Å²) in [6, 6.07) is 32.0. The van der Waals surface area contributed by atoms with Crippen LogP contribution >= 0.6 is 0 Å². The molecule has 4 N–H and O–H groups in total. The van der Waals surface area contributed by atoms with Crippen molar-refractivity contribution in [1.82, 2.24) is 0 Å². The first kappa shape index (κ1) is 30.7. The number of benzene rings is 5. The Labute approximate surface area is 260 Å². The maximum absolute atomic E-state index is 10.5. The van der Waals surface area contributed by atoms with Gasteiger partial charge in [0.2, 0.25) is 0 Å². The molecule has 0 saturated carbocycles. The van der Waals surface area contributed by atoms with Gasteiger partial charge in [0.1, 0.15) is 23.0 Å². The maximum atomic E-state index is 10.5. The molecule has 44 heavy (non-hydrogen) atoms. The van der Waals surface area contributed by atoms with Crippen molar-refractivity contribution in [1.29, 1.82) is 0 Å². The second-order valence-electron chi connectivity index (χ2n) is 11.5. The van der Waals surface area contributed by atoms with Crippen LogP contribution in [0, 0.1) is 0 Å². The lowest BCUT2D eigenvalue weighted by Crippen LogP contribution is -2.09. The third-order valence-electron chi connectivity index (χ3n) is 8.85. The molecule has 0 heterocycles. The average Bonchev–Trinajstić information content (AvgIpc) is 3.04. The highest BCUT2D eigenvalue weighted by atomic mass is 16.3. The van der Waals surface area contributed by atoms with Gasteiger partial charge in [-0.25, -0.2) is 0 Å². The molecule has 0 fully saturated rings. The van der Waals surface area contributed by atoms with Crippen LogP contribution < -0.4 is 0 Å². The molecule has 5 rings (SSSR count). The molecule has 4 heteroatoms. The highest BCUT2D eigenvalue weighted by molar-refractivity contribution is 5.54. The van der Waals surface area contributed by atoms with E-state index in [1.807, 2.05) is 52.0 Å². The molecule has 0 radical (unpaired) electrons. The Hall–Kier alpha value is -4.70. The van der Waals surface area contributed by atoms with E-state index in [-0.39, 0.29) is 11.8 Å². The Morgan fingerprint density at radius 2 is 0.614 bits per heavy atom. The molecule has 0 aromatic heterocycles. The first-order valence-corrected chi connectivity index (χ1v) is 15.6. The van der Waals surface area contributed by atoms with Crippen LogP contribution in [0.2, 0.25) is 0 Å². The largest absolute Gasteiger partial charge is 0.508 e. The first-order valence-electron chi connectivity index (χ1n) is 15.6. The fourth-order valence-corrected chi connectivity index (χ4v) is 6.35. The van der Waals surface area contributed by atoms with Gasteiger partial charge in [-0.3, -0.25) is 0 Å². The van der Waals surface area contributed by atoms with Crippen LogP contribution in [0.3, 0.4) is 0 Å². The summed E-state index contributed by atoms with van der Waals surface area (Å²) in [5, 5.41) is 42.0. The minimum atomic E-state index is -0.135. The standard InChI is InChI=1S/C40H42O4/c1-5-25-20-31(12-16-35(25)41)39(32-13-17-36(42)26(6-2)21-32)29-10-9-11-30(24-29)40(33-14-18-37(43)27(7-3)22-33)34-15-19-38(44)28(8-4)23-34/h9-24,39-44H,5-8H2,1-4H3. The molecule has 0 aliphatic rings. The van der Waals surface area contributed by atoms with Crippen LogP contribution in [0.15, 0.2) is 97.1 Å². The lowest BCUT2D eigenvalue weighted by Gasteiger charge is -2.25. The topological polar surface area (TPSA) is 80.9 Å². The highest BCUT2D eigenvalue weighted by Crippen LogP contribution is 2.40. The SMILES string of the molecule is CCc1cc(C(c2cccc(C(c3ccc(O)c(CC)c3)c3ccc(O)c(CC)c3)c2)c2ccc(O)c(CC)c2)ccc1O. The van der Waals surface area contributed by atoms with Crippen molar-refractivity contribution in [2.45, 2.75) is 65.2 Å². The van der Waals surface area contributed by atoms with Crippen LogP contribution in [0.5, 0.6) is 23.0 Å². The van der Waals surface area contributed by atoms with Crippen LogP contribution in [-0.2, 0) is 25.7 Å². The summed E-state index contributed by atoms with van der Waals surface area (Å²) in [6.45, 7) is 8.16. The average molecular weight is 587 g/mol. The van der Waals surface area contributed by atoms with Crippen molar-refractivity contribution < 1.29 is 20.4 Å². The third-order valence-corrected chi connectivity index (χ3v) is 8.85. The van der Waals surface area contributed by atoms with E-state index in [2.05, 4.69) is 48.5 Å². The number of aryl methyl sites for hydroxylation is 4. The molecule has 0 aliphatic carbocycles. The molecule has 4 nitrogen and oxygen atoms in total. The van der Waals surface area contributed by atoms with Gasteiger partial charge in [0, 0.05) is 11.8 Å². The molecule has 0 aliphatic heterocycles. The van der Waals surface area contributed by atoms with Crippen molar-refractivity contribution in [3.63, 3.8) is 0 Å². The predicted molar refractivity (Wildman–Crippen MR) is 178 cm³/mol. The fraction of sp³-hybridized carbons (Fsp3) is 0.250. The summed E-state index contributed by atoms with van der Waals surface area (Å²) in [5.74, 6) is 0.904. The zero-order valence-corrected chi connectivity index (χ0v) is 26.0. The lowest BCUT2D eigenvalue weighted by molar-refractivity contribution is 0.467. The van der Waals surface area contributed by atoms with Crippen LogP contribution in [-0.4, -0.2) is 20.4 Å². The van der Waals surface area contributed by atoms with Crippen molar-refractivity contribution in [2.75, 3.05) is 0 Å². The summed E-state index contributed by atoms with van der Waals surface area (Å²) in [5.41, 5.74) is 10.0. The quantitative estimate of drug-likeness (QED) is 0.123. The number of phenols is 4. The van der Waals surface area contributed by atoms with Gasteiger partial charge in [-0.05, 0) is 106 Å². The lowest BCUT2D eigenvalue weighted by atomic mass is 9.79. The summed E-state index contributed by atoms with van der Waals surface area (Å²) in [4.78, 5) is 0. The number of hydrogen-bond donors (Lipinski definition) is 4. The van der Waals surface area contributed by atoms with E-state index in [1.165, 1.54) is 0 Å². The smallest absolute Gasteiger partial charge is 0.118 e. The van der Waals surface area contributed by atoms with Crippen molar-refractivity contribution in [3.05, 3.63) is 153 Å². The monoisotopic (exact) mass is 586 g/mol. The van der Waals surface area contributed by atoms with Gasteiger partial charge in [0.05, 0.1) is 0 Å². The second-order valence-corrected chi connectivity index (χ2v) is 11.5. The van der Waals surface area contributed by atoms with E-state index in [9.17, 15) is 20.4 Å². The Kier molecular flexibility index (Phi) is 9.29. The number of hydrogen-bond acceptors (Lipinski definition) is 4. The van der Waals surface area contributed by atoms with Crippen LogP contribution in [0.25, 0.3) is 0 Å². The highest BCUT2D eigenvalue weighted by Gasteiger charge is 2.24. The molecular formula is C40H42O4. The van der Waals surface area contributed by atoms with E-state index < -0.39 is 0 Å². The zero-order valence-electron chi connectivity index (χ0n) is 26.0. The Balaban J connectivity index is 1.73. The van der Waals surface area contributed by atoms with Crippen LogP contribution in [0.1, 0.15) is 95.2 Å². The number of rotatable bonds is 10. The van der Waals surface area contributed by atoms with E-state index in [1.54, 1.807) is 24.3 Å². The summed E-state index contributed by atoms with van der Waals surface area (Å²) in [7, 11) is 0. The molecule has 0 unspecified atom stereocenters. The summed E-state index contributed by atoms with van der Waals surface area (Å²) < 4.78 is 0. The maximum Gasteiger partial charge on any atom is 0.118 e. The molecular weight excluding hydrogens is 544 g/mol.